The first kappa shape index (κ1) is 13.1. The number of hydrogen-bond donors (Lipinski definition) is 0. The molecule has 0 bridgehead atoms. The van der Waals surface area contributed by atoms with Gasteiger partial charge in [-0.05, 0) is 11.1 Å². The van der Waals surface area contributed by atoms with Crippen LogP contribution in [0.4, 0.5) is 0 Å². The van der Waals surface area contributed by atoms with Crippen molar-refractivity contribution in [3.05, 3.63) is 54.5 Å². The van der Waals surface area contributed by atoms with Crippen molar-refractivity contribution in [2.75, 3.05) is 13.2 Å². The average Bonchev–Trinajstić information content (AvgIpc) is 2.38. The van der Waals surface area contributed by atoms with E-state index in [4.69, 9.17) is 9.31 Å². The van der Waals surface area contributed by atoms with Crippen molar-refractivity contribution in [1.82, 2.24) is 0 Å². The maximum atomic E-state index is 5.63. The van der Waals surface area contributed by atoms with Gasteiger partial charge in [-0.15, -0.1) is 0 Å². The fraction of sp³-hybridized carbons (Fsp3) is 0.333. The molecule has 1 aliphatic rings. The van der Waals surface area contributed by atoms with E-state index in [-0.39, 0.29) is 12.5 Å². The van der Waals surface area contributed by atoms with Gasteiger partial charge in [0.1, 0.15) is 0 Å². The largest absolute Gasteiger partial charge is 0.486 e. The van der Waals surface area contributed by atoms with Crippen LogP contribution in [0.25, 0.3) is 5.57 Å². The summed E-state index contributed by atoms with van der Waals surface area (Å²) in [6.07, 6.45) is 1.96. The highest BCUT2D eigenvalue weighted by molar-refractivity contribution is 6.51. The molecule has 0 spiro atoms. The van der Waals surface area contributed by atoms with Crippen LogP contribution in [-0.2, 0) is 9.31 Å². The number of allylic oxidation sites excluding steroid dienone is 2. The molecule has 94 valence electrons. The minimum Gasteiger partial charge on any atom is -0.407 e. The number of hydrogen-bond acceptors (Lipinski definition) is 2. The Hall–Kier alpha value is -1.32. The van der Waals surface area contributed by atoms with E-state index < -0.39 is 0 Å². The van der Waals surface area contributed by atoms with E-state index in [0.29, 0.717) is 0 Å². The van der Waals surface area contributed by atoms with Crippen molar-refractivity contribution < 1.29 is 9.31 Å². The highest BCUT2D eigenvalue weighted by Crippen LogP contribution is 2.22. The van der Waals surface area contributed by atoms with Crippen LogP contribution >= 0.6 is 0 Å². The molecule has 0 aliphatic carbocycles. The third-order valence-electron chi connectivity index (χ3n) is 2.88. The van der Waals surface area contributed by atoms with Gasteiger partial charge in [-0.1, -0.05) is 62.8 Å². The molecule has 1 heterocycles. The minimum absolute atomic E-state index is 0.112. The van der Waals surface area contributed by atoms with Gasteiger partial charge >= 0.3 is 7.12 Å². The van der Waals surface area contributed by atoms with Gasteiger partial charge < -0.3 is 9.31 Å². The lowest BCUT2D eigenvalue weighted by Gasteiger charge is -2.32. The maximum Gasteiger partial charge on any atom is 0.486 e. The molecule has 0 saturated carbocycles. The lowest BCUT2D eigenvalue weighted by Crippen LogP contribution is -2.39. The zero-order valence-corrected chi connectivity index (χ0v) is 11.1. The highest BCUT2D eigenvalue weighted by atomic mass is 16.6. The van der Waals surface area contributed by atoms with E-state index in [2.05, 4.69) is 20.4 Å². The highest BCUT2D eigenvalue weighted by Gasteiger charge is 2.30. The van der Waals surface area contributed by atoms with Crippen LogP contribution in [0.1, 0.15) is 19.4 Å². The Morgan fingerprint density at radius 2 is 1.83 bits per heavy atom. The van der Waals surface area contributed by atoms with Gasteiger partial charge in [-0.2, -0.15) is 0 Å². The van der Waals surface area contributed by atoms with Crippen molar-refractivity contribution in [3.63, 3.8) is 0 Å². The average molecular weight is 242 g/mol. The van der Waals surface area contributed by atoms with E-state index >= 15 is 0 Å². The molecule has 2 rings (SSSR count). The molecule has 0 atom stereocenters. The summed E-state index contributed by atoms with van der Waals surface area (Å²) >= 11 is 0. The van der Waals surface area contributed by atoms with Crippen LogP contribution in [0.15, 0.2) is 49.0 Å². The van der Waals surface area contributed by atoms with Crippen LogP contribution in [0.2, 0.25) is 0 Å². The van der Waals surface area contributed by atoms with Crippen molar-refractivity contribution >= 4 is 12.7 Å². The van der Waals surface area contributed by atoms with Gasteiger partial charge in [0.15, 0.2) is 0 Å². The second-order valence-electron chi connectivity index (χ2n) is 5.40. The fourth-order valence-electron chi connectivity index (χ4n) is 1.76. The summed E-state index contributed by atoms with van der Waals surface area (Å²) in [7, 11) is -0.251. The summed E-state index contributed by atoms with van der Waals surface area (Å²) in [6, 6.07) is 10.1. The Labute approximate surface area is 109 Å². The van der Waals surface area contributed by atoms with Crippen molar-refractivity contribution in [2.45, 2.75) is 13.8 Å². The maximum absolute atomic E-state index is 5.63. The first-order chi connectivity index (χ1) is 8.57. The van der Waals surface area contributed by atoms with Crippen LogP contribution in [0, 0.1) is 5.41 Å². The summed E-state index contributed by atoms with van der Waals surface area (Å²) in [4.78, 5) is 0. The summed E-state index contributed by atoms with van der Waals surface area (Å²) in [5, 5.41) is 0. The van der Waals surface area contributed by atoms with Gasteiger partial charge in [-0.25, -0.2) is 0 Å². The number of benzene rings is 1. The molecule has 1 aliphatic heterocycles. The van der Waals surface area contributed by atoms with Crippen molar-refractivity contribution in [3.8, 4) is 0 Å². The summed E-state index contributed by atoms with van der Waals surface area (Å²) in [6.45, 7) is 9.75. The number of rotatable bonds is 3. The standard InChI is InChI=1S/C15H19BO2/c1-13(14-7-5-4-6-8-14)9-10-16-17-11-15(2,3)12-18-16/h4-10H,1,11-12H2,2-3H3/b10-9+. The molecule has 18 heavy (non-hydrogen) atoms. The smallest absolute Gasteiger partial charge is 0.407 e. The Bertz CT molecular complexity index is 427. The summed E-state index contributed by atoms with van der Waals surface area (Å²) < 4.78 is 11.3. The quantitative estimate of drug-likeness (QED) is 0.597. The summed E-state index contributed by atoms with van der Waals surface area (Å²) in [5.41, 5.74) is 2.19. The van der Waals surface area contributed by atoms with E-state index in [1.54, 1.807) is 0 Å². The molecular weight excluding hydrogens is 223 g/mol. The lowest BCUT2D eigenvalue weighted by atomic mass is 9.83. The predicted octanol–water partition coefficient (Wildman–Crippen LogP) is 3.36. The van der Waals surface area contributed by atoms with Crippen molar-refractivity contribution in [1.29, 1.82) is 0 Å². The molecule has 1 saturated heterocycles. The molecule has 0 amide bonds. The SMILES string of the molecule is C=C(/C=C/B1OCC(C)(C)CO1)c1ccccc1. The molecule has 0 radical (unpaired) electrons. The van der Waals surface area contributed by atoms with Crippen molar-refractivity contribution in [2.24, 2.45) is 5.41 Å². The molecule has 0 unspecified atom stereocenters. The molecule has 1 fully saturated rings. The summed E-state index contributed by atoms with van der Waals surface area (Å²) in [5.74, 6) is 1.92. The van der Waals surface area contributed by atoms with Gasteiger partial charge in [0.2, 0.25) is 0 Å². The van der Waals surface area contributed by atoms with E-state index in [1.807, 2.05) is 42.4 Å². The first-order valence-corrected chi connectivity index (χ1v) is 6.23. The van der Waals surface area contributed by atoms with E-state index in [1.165, 1.54) is 0 Å². The third-order valence-corrected chi connectivity index (χ3v) is 2.88. The third kappa shape index (κ3) is 3.59. The zero-order valence-electron chi connectivity index (χ0n) is 11.1. The van der Waals surface area contributed by atoms with E-state index in [0.717, 1.165) is 24.4 Å². The predicted molar refractivity (Wildman–Crippen MR) is 76.1 cm³/mol. The van der Waals surface area contributed by atoms with Gasteiger partial charge in [0.25, 0.3) is 0 Å². The molecule has 1 aromatic rings. The lowest BCUT2D eigenvalue weighted by molar-refractivity contribution is 0.0336. The fourth-order valence-corrected chi connectivity index (χ4v) is 1.76. The molecular formula is C15H19BO2. The normalized spacial score (nSPS) is 19.1. The van der Waals surface area contributed by atoms with Crippen LogP contribution < -0.4 is 0 Å². The topological polar surface area (TPSA) is 18.5 Å². The first-order valence-electron chi connectivity index (χ1n) is 6.23. The van der Waals surface area contributed by atoms with Gasteiger partial charge in [-0.3, -0.25) is 0 Å². The molecule has 3 heteroatoms. The Morgan fingerprint density at radius 1 is 1.22 bits per heavy atom. The van der Waals surface area contributed by atoms with Gasteiger partial charge in [0, 0.05) is 18.6 Å². The zero-order chi connectivity index (χ0) is 13.0. The second kappa shape index (κ2) is 5.55. The van der Waals surface area contributed by atoms with Gasteiger partial charge in [0.05, 0.1) is 0 Å². The molecule has 0 aromatic heterocycles. The molecule has 1 aromatic carbocycles. The van der Waals surface area contributed by atoms with Crippen LogP contribution in [0.5, 0.6) is 0 Å². The minimum atomic E-state index is -0.251. The van der Waals surface area contributed by atoms with E-state index in [9.17, 15) is 0 Å². The Morgan fingerprint density at radius 3 is 2.44 bits per heavy atom. The Balaban J connectivity index is 1.91. The second-order valence-corrected chi connectivity index (χ2v) is 5.40. The molecule has 2 nitrogen and oxygen atoms in total. The monoisotopic (exact) mass is 242 g/mol. The van der Waals surface area contributed by atoms with Crippen LogP contribution in [0.3, 0.4) is 0 Å². The molecule has 0 N–H and O–H groups in total. The Kier molecular flexibility index (Phi) is 4.05. The van der Waals surface area contributed by atoms with Crippen LogP contribution in [-0.4, -0.2) is 20.3 Å².